The highest BCUT2D eigenvalue weighted by Crippen LogP contribution is 2.06. The number of aromatic nitrogens is 3. The van der Waals surface area contributed by atoms with Crippen LogP contribution in [0.15, 0.2) is 24.3 Å². The van der Waals surface area contributed by atoms with Gasteiger partial charge in [-0.25, -0.2) is 0 Å². The number of aromatic amines is 1. The number of H-pyrrole nitrogens is 1. The van der Waals surface area contributed by atoms with Crippen molar-refractivity contribution in [3.05, 3.63) is 41.2 Å². The van der Waals surface area contributed by atoms with E-state index in [0.717, 1.165) is 11.1 Å². The summed E-state index contributed by atoms with van der Waals surface area (Å²) >= 11 is 0. The molecule has 0 aliphatic rings. The first kappa shape index (κ1) is 11.1. The fourth-order valence-electron chi connectivity index (χ4n) is 1.44. The largest absolute Gasteiger partial charge is 0.366 e. The molecule has 0 aliphatic heterocycles. The van der Waals surface area contributed by atoms with Gasteiger partial charge in [-0.15, -0.1) is 5.10 Å². The number of nitrogens with zero attached hydrogens (tertiary/aromatic N) is 2. The Bertz CT molecular complexity index is 534. The first-order valence-corrected chi connectivity index (χ1v) is 5.17. The Morgan fingerprint density at radius 3 is 2.88 bits per heavy atom. The number of amides is 1. The molecule has 0 spiro atoms. The Balaban J connectivity index is 1.99. The van der Waals surface area contributed by atoms with Gasteiger partial charge in [-0.2, -0.15) is 4.98 Å². The van der Waals surface area contributed by atoms with Crippen molar-refractivity contribution in [2.45, 2.75) is 13.5 Å². The molecule has 0 saturated carbocycles. The number of anilines is 1. The van der Waals surface area contributed by atoms with Crippen molar-refractivity contribution in [2.75, 3.05) is 5.73 Å². The van der Waals surface area contributed by atoms with Gasteiger partial charge < -0.3 is 11.1 Å². The Kier molecular flexibility index (Phi) is 3.04. The van der Waals surface area contributed by atoms with E-state index < -0.39 is 0 Å². The molecule has 0 aliphatic carbocycles. The molecule has 17 heavy (non-hydrogen) atoms. The van der Waals surface area contributed by atoms with Crippen LogP contribution >= 0.6 is 0 Å². The smallest absolute Gasteiger partial charge is 0.288 e. The lowest BCUT2D eigenvalue weighted by atomic mass is 10.1. The van der Waals surface area contributed by atoms with Crippen LogP contribution in [-0.4, -0.2) is 21.1 Å². The van der Waals surface area contributed by atoms with Crippen LogP contribution in [0, 0.1) is 6.92 Å². The Hall–Kier alpha value is -2.37. The van der Waals surface area contributed by atoms with Gasteiger partial charge in [-0.05, 0) is 18.1 Å². The number of hydrogen-bond acceptors (Lipinski definition) is 4. The molecule has 1 aromatic heterocycles. The Labute approximate surface area is 98.3 Å². The molecule has 6 nitrogen and oxygen atoms in total. The van der Waals surface area contributed by atoms with E-state index in [4.69, 9.17) is 5.73 Å². The molecule has 0 saturated heterocycles. The second kappa shape index (κ2) is 4.65. The highest BCUT2D eigenvalue weighted by Gasteiger charge is 2.10. The SMILES string of the molecule is Cc1ccccc1CNC(=O)c1nc(N)n[nH]1. The fourth-order valence-corrected chi connectivity index (χ4v) is 1.44. The predicted octanol–water partition coefficient (Wildman–Crippen LogP) is 0.625. The van der Waals surface area contributed by atoms with E-state index in [9.17, 15) is 4.79 Å². The topological polar surface area (TPSA) is 96.7 Å². The minimum atomic E-state index is -0.322. The molecular formula is C11H13N5O. The summed E-state index contributed by atoms with van der Waals surface area (Å²) in [4.78, 5) is 15.4. The molecule has 4 N–H and O–H groups in total. The molecule has 0 fully saturated rings. The Morgan fingerprint density at radius 1 is 1.47 bits per heavy atom. The molecule has 0 bridgehead atoms. The summed E-state index contributed by atoms with van der Waals surface area (Å²) < 4.78 is 0. The third-order valence-corrected chi connectivity index (χ3v) is 2.42. The molecule has 1 aromatic carbocycles. The van der Waals surface area contributed by atoms with Gasteiger partial charge in [0, 0.05) is 6.54 Å². The number of carbonyl (C=O) groups is 1. The number of nitrogen functional groups attached to an aromatic ring is 1. The summed E-state index contributed by atoms with van der Waals surface area (Å²) in [6.07, 6.45) is 0. The van der Waals surface area contributed by atoms with E-state index in [-0.39, 0.29) is 17.7 Å². The van der Waals surface area contributed by atoms with Crippen molar-refractivity contribution in [2.24, 2.45) is 0 Å². The fraction of sp³-hybridized carbons (Fsp3) is 0.182. The standard InChI is InChI=1S/C11H13N5O/c1-7-4-2-3-5-8(7)6-13-10(17)9-14-11(12)16-15-9/h2-5H,6H2,1H3,(H,13,17)(H3,12,14,15,16). The minimum Gasteiger partial charge on any atom is -0.366 e. The van der Waals surface area contributed by atoms with Crippen LogP contribution in [0.3, 0.4) is 0 Å². The third kappa shape index (κ3) is 2.60. The average molecular weight is 231 g/mol. The van der Waals surface area contributed by atoms with Crippen molar-refractivity contribution in [3.8, 4) is 0 Å². The van der Waals surface area contributed by atoms with Crippen molar-refractivity contribution < 1.29 is 4.79 Å². The maximum absolute atomic E-state index is 11.6. The van der Waals surface area contributed by atoms with Crippen LogP contribution in [0.25, 0.3) is 0 Å². The zero-order valence-corrected chi connectivity index (χ0v) is 9.40. The van der Waals surface area contributed by atoms with Gasteiger partial charge in [0.15, 0.2) is 0 Å². The zero-order valence-electron chi connectivity index (χ0n) is 9.40. The number of hydrogen-bond donors (Lipinski definition) is 3. The monoisotopic (exact) mass is 231 g/mol. The van der Waals surface area contributed by atoms with E-state index >= 15 is 0 Å². The van der Waals surface area contributed by atoms with E-state index in [1.165, 1.54) is 0 Å². The second-order valence-electron chi connectivity index (χ2n) is 3.65. The number of aryl methyl sites for hydroxylation is 1. The van der Waals surface area contributed by atoms with Gasteiger partial charge >= 0.3 is 0 Å². The highest BCUT2D eigenvalue weighted by atomic mass is 16.2. The van der Waals surface area contributed by atoms with Crippen LogP contribution in [0.1, 0.15) is 21.7 Å². The normalized spacial score (nSPS) is 10.2. The Morgan fingerprint density at radius 2 is 2.24 bits per heavy atom. The van der Waals surface area contributed by atoms with Gasteiger partial charge in [0.25, 0.3) is 5.91 Å². The molecule has 2 rings (SSSR count). The number of carbonyl (C=O) groups excluding carboxylic acids is 1. The molecular weight excluding hydrogens is 218 g/mol. The summed E-state index contributed by atoms with van der Waals surface area (Å²) in [6, 6.07) is 7.84. The van der Waals surface area contributed by atoms with Crippen molar-refractivity contribution in [1.82, 2.24) is 20.5 Å². The summed E-state index contributed by atoms with van der Waals surface area (Å²) in [5.74, 6) is -0.139. The van der Waals surface area contributed by atoms with Gasteiger partial charge in [0.2, 0.25) is 11.8 Å². The summed E-state index contributed by atoms with van der Waals surface area (Å²) in [7, 11) is 0. The van der Waals surface area contributed by atoms with Crippen LogP contribution in [0.2, 0.25) is 0 Å². The van der Waals surface area contributed by atoms with Crippen molar-refractivity contribution >= 4 is 11.9 Å². The van der Waals surface area contributed by atoms with Gasteiger partial charge in [-0.3, -0.25) is 9.89 Å². The van der Waals surface area contributed by atoms with Crippen LogP contribution in [0.4, 0.5) is 5.95 Å². The molecule has 2 aromatic rings. The van der Waals surface area contributed by atoms with E-state index in [0.29, 0.717) is 6.54 Å². The molecule has 6 heteroatoms. The average Bonchev–Trinajstić information content (AvgIpc) is 2.74. The lowest BCUT2D eigenvalue weighted by Gasteiger charge is -2.05. The van der Waals surface area contributed by atoms with Gasteiger partial charge in [-0.1, -0.05) is 24.3 Å². The molecule has 0 radical (unpaired) electrons. The lowest BCUT2D eigenvalue weighted by molar-refractivity contribution is 0.0941. The maximum atomic E-state index is 11.6. The van der Waals surface area contributed by atoms with Crippen LogP contribution in [-0.2, 0) is 6.54 Å². The molecule has 1 heterocycles. The maximum Gasteiger partial charge on any atom is 0.288 e. The summed E-state index contributed by atoms with van der Waals surface area (Å²) in [6.45, 7) is 2.44. The van der Waals surface area contributed by atoms with E-state index in [2.05, 4.69) is 20.5 Å². The van der Waals surface area contributed by atoms with E-state index in [1.54, 1.807) is 0 Å². The number of rotatable bonds is 3. The first-order valence-electron chi connectivity index (χ1n) is 5.17. The van der Waals surface area contributed by atoms with E-state index in [1.807, 2.05) is 31.2 Å². The van der Waals surface area contributed by atoms with Gasteiger partial charge in [0.05, 0.1) is 0 Å². The van der Waals surface area contributed by atoms with Crippen molar-refractivity contribution in [3.63, 3.8) is 0 Å². The first-order chi connectivity index (χ1) is 8.16. The lowest BCUT2D eigenvalue weighted by Crippen LogP contribution is -2.24. The zero-order chi connectivity index (χ0) is 12.3. The summed E-state index contributed by atoms with van der Waals surface area (Å²) in [5, 5.41) is 8.79. The molecule has 1 amide bonds. The molecule has 0 atom stereocenters. The van der Waals surface area contributed by atoms with Crippen LogP contribution in [0.5, 0.6) is 0 Å². The van der Waals surface area contributed by atoms with Gasteiger partial charge in [0.1, 0.15) is 0 Å². The highest BCUT2D eigenvalue weighted by molar-refractivity contribution is 5.90. The summed E-state index contributed by atoms with van der Waals surface area (Å²) in [5.41, 5.74) is 7.51. The quantitative estimate of drug-likeness (QED) is 0.721. The predicted molar refractivity (Wildman–Crippen MR) is 63.1 cm³/mol. The second-order valence-corrected chi connectivity index (χ2v) is 3.65. The molecule has 0 unspecified atom stereocenters. The van der Waals surface area contributed by atoms with Crippen LogP contribution < -0.4 is 11.1 Å². The molecule has 88 valence electrons. The van der Waals surface area contributed by atoms with Crippen molar-refractivity contribution in [1.29, 1.82) is 0 Å². The number of nitrogens with two attached hydrogens (primary N) is 1. The minimum absolute atomic E-state index is 0.0611. The third-order valence-electron chi connectivity index (χ3n) is 2.42. The number of benzene rings is 1. The number of nitrogens with one attached hydrogen (secondary N) is 2.